The molecule has 2 aromatic carbocycles. The Hall–Kier alpha value is -3.34. The number of hydrogen-bond donors (Lipinski definition) is 3. The Morgan fingerprint density at radius 2 is 1.95 bits per heavy atom. The molecule has 5 aliphatic rings. The van der Waals surface area contributed by atoms with Gasteiger partial charge in [-0.25, -0.2) is 18.2 Å². The number of nitrogens with one attached hydrogen (secondary N) is 2. The lowest BCUT2D eigenvalue weighted by Crippen LogP contribution is -2.57. The van der Waals surface area contributed by atoms with Crippen molar-refractivity contribution in [3.05, 3.63) is 70.3 Å². The van der Waals surface area contributed by atoms with Crippen LogP contribution in [0.1, 0.15) is 55.2 Å². The number of carbonyl (C=O) groups is 2. The van der Waals surface area contributed by atoms with Crippen LogP contribution >= 0.6 is 11.6 Å². The lowest BCUT2D eigenvalue weighted by atomic mass is 9.68. The molecule has 2 fully saturated rings. The first-order chi connectivity index (χ1) is 26.1. The Morgan fingerprint density at radius 1 is 1.15 bits per heavy atom. The molecule has 2 amide bonds. The first kappa shape index (κ1) is 39.9. The van der Waals surface area contributed by atoms with Crippen LogP contribution in [-0.2, 0) is 42.0 Å². The molecular weight excluding hydrogens is 756 g/mol. The lowest BCUT2D eigenvalue weighted by molar-refractivity contribution is -0.148. The molecular formula is C39H50ClF2N5O7S. The molecule has 55 heavy (non-hydrogen) atoms. The number of ether oxygens (including phenoxy) is 2. The van der Waals surface area contributed by atoms with E-state index in [0.29, 0.717) is 55.7 Å². The van der Waals surface area contributed by atoms with Crippen molar-refractivity contribution >= 4 is 39.3 Å². The molecule has 3 heterocycles. The van der Waals surface area contributed by atoms with Crippen molar-refractivity contribution in [1.82, 2.24) is 19.2 Å². The van der Waals surface area contributed by atoms with E-state index < -0.39 is 45.4 Å². The summed E-state index contributed by atoms with van der Waals surface area (Å²) in [6.07, 6.45) is 7.93. The van der Waals surface area contributed by atoms with Crippen LogP contribution in [-0.4, -0.2) is 114 Å². The summed E-state index contributed by atoms with van der Waals surface area (Å²) in [5.41, 5.74) is 0.0218. The molecule has 0 radical (unpaired) electrons. The number of aryl methyl sites for hydroxylation is 1. The maximum atomic E-state index is 13.8. The van der Waals surface area contributed by atoms with E-state index in [-0.39, 0.29) is 43.1 Å². The predicted octanol–water partition coefficient (Wildman–Crippen LogP) is 3.75. The van der Waals surface area contributed by atoms with Crippen molar-refractivity contribution in [1.29, 1.82) is 0 Å². The zero-order valence-electron chi connectivity index (χ0n) is 31.2. The number of likely N-dealkylation sites (tertiary alicyclic amines) is 1. The highest BCUT2D eigenvalue weighted by molar-refractivity contribution is 7.88. The molecule has 2 bridgehead atoms. The van der Waals surface area contributed by atoms with Crippen molar-refractivity contribution in [2.75, 3.05) is 71.5 Å². The van der Waals surface area contributed by atoms with E-state index >= 15 is 0 Å². The van der Waals surface area contributed by atoms with Gasteiger partial charge in [0, 0.05) is 50.7 Å². The highest BCUT2D eigenvalue weighted by Crippen LogP contribution is 2.48. The maximum absolute atomic E-state index is 13.8. The molecule has 7 rings (SSSR count). The number of halogens is 3. The van der Waals surface area contributed by atoms with E-state index in [0.717, 1.165) is 44.7 Å². The van der Waals surface area contributed by atoms with Crippen LogP contribution in [0.5, 0.6) is 5.75 Å². The fraction of sp³-hybridized carbons (Fsp3) is 0.590. The Balaban J connectivity index is 1.27. The first-order valence-corrected chi connectivity index (χ1v) is 20.9. The van der Waals surface area contributed by atoms with Crippen LogP contribution in [0.4, 0.5) is 14.5 Å². The van der Waals surface area contributed by atoms with Gasteiger partial charge in [-0.3, -0.25) is 14.5 Å². The highest BCUT2D eigenvalue weighted by Gasteiger charge is 2.47. The molecule has 12 nitrogen and oxygen atoms in total. The second-order valence-electron chi connectivity index (χ2n) is 15.9. The number of anilines is 1. The summed E-state index contributed by atoms with van der Waals surface area (Å²) >= 11 is 6.46. The molecule has 1 saturated heterocycles. The highest BCUT2D eigenvalue weighted by atomic mass is 35.5. The van der Waals surface area contributed by atoms with Crippen molar-refractivity contribution in [2.24, 2.45) is 11.8 Å². The van der Waals surface area contributed by atoms with Crippen molar-refractivity contribution in [2.45, 2.75) is 68.0 Å². The minimum atomic E-state index is -4.33. The standard InChI is InChI=1S/C39H50ClF2N5O7S/c1-43-55(51,52)44-36(49)39(50)20-35(48)45(2)15-4-3-7-33(53-17-16-46-23-38(41,42)24-46)30-11-8-27(30)21-47-22-37(25-54-34-13-9-28(39)19-32(34)47)14-5-6-26-18-29(40)10-12-31(26)37/h3,7,9-10,12-13,18-19,27,30,33,43,50H,4-6,8,11,14-17,20-25H2,1-2H3,(H,44,49)/b7-3+/t27-,30+,33-,37-,39+/m0/s1. The summed E-state index contributed by atoms with van der Waals surface area (Å²) in [7, 11) is -1.64. The monoisotopic (exact) mass is 805 g/mol. The van der Waals surface area contributed by atoms with Crippen LogP contribution in [0, 0.1) is 11.8 Å². The van der Waals surface area contributed by atoms with Crippen molar-refractivity contribution in [3.63, 3.8) is 0 Å². The Labute approximate surface area is 326 Å². The van der Waals surface area contributed by atoms with E-state index in [9.17, 15) is 31.9 Å². The van der Waals surface area contributed by atoms with Gasteiger partial charge >= 0.3 is 10.2 Å². The molecule has 3 N–H and O–H groups in total. The lowest BCUT2D eigenvalue weighted by Gasteiger charge is -2.46. The van der Waals surface area contributed by atoms with Gasteiger partial charge in [-0.05, 0) is 91.3 Å². The molecule has 2 aliphatic carbocycles. The summed E-state index contributed by atoms with van der Waals surface area (Å²) in [6, 6.07) is 10.8. The van der Waals surface area contributed by atoms with Gasteiger partial charge in [0.25, 0.3) is 11.8 Å². The normalized spacial score (nSPS) is 30.2. The number of alkyl halides is 2. The SMILES string of the molecule is CNS(=O)(=O)NC(=O)[C@@]1(O)CC(=O)N(C)CC/C=C/[C@H](OCCN2CC(F)(F)C2)[C@@H]2CC[C@H]2CN2C[C@@]3(CCCc4cc(Cl)ccc43)COc3ccc1cc32. The molecule has 0 aromatic heterocycles. The summed E-state index contributed by atoms with van der Waals surface area (Å²) in [5, 5.41) is 12.9. The van der Waals surface area contributed by atoms with Gasteiger partial charge in [-0.2, -0.15) is 8.42 Å². The minimum Gasteiger partial charge on any atom is -0.490 e. The molecule has 300 valence electrons. The molecule has 1 spiro atoms. The fourth-order valence-electron chi connectivity index (χ4n) is 8.86. The van der Waals surface area contributed by atoms with Gasteiger partial charge in [-0.15, -0.1) is 0 Å². The largest absolute Gasteiger partial charge is 0.490 e. The topological polar surface area (TPSA) is 141 Å². The fourth-order valence-corrected chi connectivity index (χ4v) is 9.57. The molecule has 5 atom stereocenters. The number of rotatable bonds is 7. The second kappa shape index (κ2) is 15.5. The zero-order chi connectivity index (χ0) is 39.2. The molecule has 3 aliphatic heterocycles. The molecule has 0 unspecified atom stereocenters. The molecule has 1 saturated carbocycles. The number of aliphatic hydroxyl groups is 1. The third kappa shape index (κ3) is 8.38. The number of benzene rings is 2. The van der Waals surface area contributed by atoms with Crippen molar-refractivity contribution < 1.29 is 41.4 Å². The van der Waals surface area contributed by atoms with Gasteiger partial charge in [0.2, 0.25) is 5.91 Å². The summed E-state index contributed by atoms with van der Waals surface area (Å²) in [4.78, 5) is 32.8. The number of hydrogen-bond acceptors (Lipinski definition) is 9. The third-order valence-corrected chi connectivity index (χ3v) is 13.4. The van der Waals surface area contributed by atoms with Gasteiger partial charge in [0.05, 0.1) is 44.5 Å². The number of amides is 2. The average molecular weight is 806 g/mol. The number of nitrogens with zero attached hydrogens (tertiary/aromatic N) is 3. The Kier molecular flexibility index (Phi) is 11.3. The molecule has 16 heteroatoms. The summed E-state index contributed by atoms with van der Waals surface area (Å²) < 4.78 is 69.1. The Bertz CT molecular complexity index is 1930. The van der Waals surface area contributed by atoms with Gasteiger partial charge in [-0.1, -0.05) is 35.9 Å². The second-order valence-corrected chi connectivity index (χ2v) is 18.0. The van der Waals surface area contributed by atoms with Crippen LogP contribution in [0.3, 0.4) is 0 Å². The van der Waals surface area contributed by atoms with Gasteiger partial charge < -0.3 is 24.4 Å². The van der Waals surface area contributed by atoms with E-state index in [1.807, 2.05) is 33.7 Å². The Morgan fingerprint density at radius 3 is 2.67 bits per heavy atom. The summed E-state index contributed by atoms with van der Waals surface area (Å²) in [5.74, 6) is -3.65. The van der Waals surface area contributed by atoms with Crippen LogP contribution in [0.25, 0.3) is 0 Å². The third-order valence-electron chi connectivity index (χ3n) is 12.2. The zero-order valence-corrected chi connectivity index (χ0v) is 32.8. The minimum absolute atomic E-state index is 0.0483. The molecule has 2 aromatic rings. The smallest absolute Gasteiger partial charge is 0.301 e. The summed E-state index contributed by atoms with van der Waals surface area (Å²) in [6.45, 7) is 1.95. The van der Waals surface area contributed by atoms with Gasteiger partial charge in [0.15, 0.2) is 5.60 Å². The van der Waals surface area contributed by atoms with E-state index in [1.54, 1.807) is 24.1 Å². The predicted molar refractivity (Wildman–Crippen MR) is 204 cm³/mol. The first-order valence-electron chi connectivity index (χ1n) is 19.0. The van der Waals surface area contributed by atoms with Crippen LogP contribution in [0.15, 0.2) is 48.6 Å². The van der Waals surface area contributed by atoms with E-state index in [1.165, 1.54) is 16.5 Å². The van der Waals surface area contributed by atoms with E-state index in [2.05, 4.69) is 11.0 Å². The van der Waals surface area contributed by atoms with Crippen LogP contribution in [0.2, 0.25) is 5.02 Å². The average Bonchev–Trinajstić information content (AvgIpc) is 3.26. The van der Waals surface area contributed by atoms with Crippen molar-refractivity contribution in [3.8, 4) is 5.75 Å². The van der Waals surface area contributed by atoms with Gasteiger partial charge in [0.1, 0.15) is 5.75 Å². The quantitative estimate of drug-likeness (QED) is 0.357. The number of fused-ring (bicyclic) bond motifs is 4. The van der Waals surface area contributed by atoms with E-state index in [4.69, 9.17) is 21.1 Å². The van der Waals surface area contributed by atoms with Crippen LogP contribution < -0.4 is 19.1 Å². The number of carbonyl (C=O) groups excluding carboxylic acids is 2. The maximum Gasteiger partial charge on any atom is 0.301 e.